The Bertz CT molecular complexity index is 868. The van der Waals surface area contributed by atoms with E-state index in [2.05, 4.69) is 5.32 Å². The molecule has 0 bridgehead atoms. The Hall–Kier alpha value is -1.75. The molecule has 30 heavy (non-hydrogen) atoms. The summed E-state index contributed by atoms with van der Waals surface area (Å²) in [5.41, 5.74) is 1.40. The van der Waals surface area contributed by atoms with Crippen molar-refractivity contribution < 1.29 is 9.59 Å². The Morgan fingerprint density at radius 1 is 1.00 bits per heavy atom. The van der Waals surface area contributed by atoms with E-state index in [1.807, 2.05) is 26.8 Å². The Kier molecular flexibility index (Phi) is 9.47. The maximum atomic E-state index is 13.3. The minimum absolute atomic E-state index is 0.0142. The summed E-state index contributed by atoms with van der Waals surface area (Å²) in [4.78, 5) is 27.9. The van der Waals surface area contributed by atoms with Gasteiger partial charge in [0.05, 0.1) is 6.42 Å². The van der Waals surface area contributed by atoms with Gasteiger partial charge in [-0.25, -0.2) is 0 Å². The van der Waals surface area contributed by atoms with Crippen LogP contribution in [-0.2, 0) is 22.6 Å². The first-order chi connectivity index (χ1) is 14.3. The molecule has 4 nitrogen and oxygen atoms in total. The van der Waals surface area contributed by atoms with Gasteiger partial charge >= 0.3 is 0 Å². The second kappa shape index (κ2) is 11.6. The third-order valence-electron chi connectivity index (χ3n) is 5.02. The number of carbonyl (C=O) groups is 2. The summed E-state index contributed by atoms with van der Waals surface area (Å²) in [6.45, 7) is 5.96. The van der Waals surface area contributed by atoms with Crippen molar-refractivity contribution in [2.45, 2.75) is 58.7 Å². The monoisotopic (exact) mass is 468 g/mol. The number of rotatable bonds is 9. The first-order valence-corrected chi connectivity index (χ1v) is 11.2. The van der Waals surface area contributed by atoms with E-state index in [4.69, 9.17) is 34.8 Å². The molecule has 0 aliphatic rings. The number of hydrogen-bond acceptors (Lipinski definition) is 2. The van der Waals surface area contributed by atoms with E-state index in [1.54, 1.807) is 41.3 Å². The van der Waals surface area contributed by atoms with Gasteiger partial charge in [-0.3, -0.25) is 9.59 Å². The number of amides is 2. The van der Waals surface area contributed by atoms with E-state index in [0.29, 0.717) is 27.1 Å². The summed E-state index contributed by atoms with van der Waals surface area (Å²) in [6, 6.07) is 11.7. The van der Waals surface area contributed by atoms with Crippen LogP contribution in [0.3, 0.4) is 0 Å². The van der Waals surface area contributed by atoms with Crippen molar-refractivity contribution in [1.82, 2.24) is 10.2 Å². The quantitative estimate of drug-likeness (QED) is 0.496. The molecule has 2 atom stereocenters. The molecule has 162 valence electrons. The standard InChI is InChI=1S/C23H27Cl3N2O2/c1-4-15(3)27-23(30)21(5-2)28(14-18-19(25)10-7-11-20(18)26)22(29)13-16-8-6-9-17(24)12-16/h6-12,15,21H,4-5,13-14H2,1-3H3,(H,27,30). The van der Waals surface area contributed by atoms with Crippen LogP contribution in [0.15, 0.2) is 42.5 Å². The first kappa shape index (κ1) is 24.5. The van der Waals surface area contributed by atoms with Crippen LogP contribution in [0.4, 0.5) is 0 Å². The summed E-state index contributed by atoms with van der Waals surface area (Å²) < 4.78 is 0. The Balaban J connectivity index is 2.37. The van der Waals surface area contributed by atoms with Crippen LogP contribution in [0.1, 0.15) is 44.7 Å². The van der Waals surface area contributed by atoms with Crippen LogP contribution in [0.5, 0.6) is 0 Å². The Morgan fingerprint density at radius 2 is 1.63 bits per heavy atom. The summed E-state index contributed by atoms with van der Waals surface area (Å²) in [7, 11) is 0. The predicted molar refractivity (Wildman–Crippen MR) is 124 cm³/mol. The fraction of sp³-hybridized carbons (Fsp3) is 0.391. The van der Waals surface area contributed by atoms with Crippen molar-refractivity contribution in [1.29, 1.82) is 0 Å². The van der Waals surface area contributed by atoms with Gasteiger partial charge in [-0.2, -0.15) is 0 Å². The van der Waals surface area contributed by atoms with Gasteiger partial charge in [-0.15, -0.1) is 0 Å². The maximum absolute atomic E-state index is 13.3. The number of halogens is 3. The van der Waals surface area contributed by atoms with Gasteiger partial charge in [-0.05, 0) is 49.6 Å². The third-order valence-corrected chi connectivity index (χ3v) is 5.96. The van der Waals surface area contributed by atoms with E-state index < -0.39 is 6.04 Å². The van der Waals surface area contributed by atoms with Gasteiger partial charge in [0.2, 0.25) is 11.8 Å². The molecule has 2 aromatic rings. The number of hydrogen-bond donors (Lipinski definition) is 1. The van der Waals surface area contributed by atoms with Gasteiger partial charge < -0.3 is 10.2 Å². The minimum Gasteiger partial charge on any atom is -0.352 e. The van der Waals surface area contributed by atoms with Gasteiger partial charge in [0.25, 0.3) is 0 Å². The Morgan fingerprint density at radius 3 is 2.20 bits per heavy atom. The van der Waals surface area contributed by atoms with Crippen molar-refractivity contribution in [2.24, 2.45) is 0 Å². The molecule has 1 N–H and O–H groups in total. The van der Waals surface area contributed by atoms with Gasteiger partial charge in [0.15, 0.2) is 0 Å². The van der Waals surface area contributed by atoms with Crippen LogP contribution in [0, 0.1) is 0 Å². The lowest BCUT2D eigenvalue weighted by Crippen LogP contribution is -2.51. The predicted octanol–water partition coefficient (Wildman–Crippen LogP) is 5.91. The van der Waals surface area contributed by atoms with E-state index in [1.165, 1.54) is 0 Å². The summed E-state index contributed by atoms with van der Waals surface area (Å²) in [5.74, 6) is -0.381. The third kappa shape index (κ3) is 6.63. The summed E-state index contributed by atoms with van der Waals surface area (Å²) in [5, 5.41) is 4.46. The van der Waals surface area contributed by atoms with Crippen molar-refractivity contribution in [3.63, 3.8) is 0 Å². The number of nitrogens with one attached hydrogen (secondary N) is 1. The van der Waals surface area contributed by atoms with Crippen LogP contribution in [-0.4, -0.2) is 28.8 Å². The molecule has 2 unspecified atom stereocenters. The highest BCUT2D eigenvalue weighted by Gasteiger charge is 2.30. The fourth-order valence-corrected chi connectivity index (χ4v) is 3.87. The number of nitrogens with zero attached hydrogens (tertiary/aromatic N) is 1. The molecule has 0 heterocycles. The summed E-state index contributed by atoms with van der Waals surface area (Å²) >= 11 is 18.8. The minimum atomic E-state index is -0.641. The van der Waals surface area contributed by atoms with Crippen molar-refractivity contribution in [3.05, 3.63) is 68.7 Å². The van der Waals surface area contributed by atoms with Crippen LogP contribution in [0.25, 0.3) is 0 Å². The molecule has 0 saturated carbocycles. The van der Waals surface area contributed by atoms with Crippen molar-refractivity contribution in [2.75, 3.05) is 0 Å². The molecule has 0 spiro atoms. The van der Waals surface area contributed by atoms with E-state index >= 15 is 0 Å². The molecule has 0 radical (unpaired) electrons. The van der Waals surface area contributed by atoms with Crippen molar-refractivity contribution in [3.8, 4) is 0 Å². The molecule has 0 saturated heterocycles. The second-order valence-corrected chi connectivity index (χ2v) is 8.52. The normalized spacial score (nSPS) is 12.9. The average Bonchev–Trinajstić information content (AvgIpc) is 2.69. The highest BCUT2D eigenvalue weighted by Crippen LogP contribution is 2.27. The molecule has 2 amide bonds. The maximum Gasteiger partial charge on any atom is 0.243 e. The molecule has 0 aliphatic heterocycles. The second-order valence-electron chi connectivity index (χ2n) is 7.27. The molecular weight excluding hydrogens is 443 g/mol. The van der Waals surface area contributed by atoms with E-state index in [-0.39, 0.29) is 30.8 Å². The SMILES string of the molecule is CCC(C)NC(=O)C(CC)N(Cc1c(Cl)cccc1Cl)C(=O)Cc1cccc(Cl)c1. The largest absolute Gasteiger partial charge is 0.352 e. The molecule has 2 rings (SSSR count). The fourth-order valence-electron chi connectivity index (χ4n) is 3.14. The molecule has 0 aromatic heterocycles. The van der Waals surface area contributed by atoms with E-state index in [9.17, 15) is 9.59 Å². The number of benzene rings is 2. The van der Waals surface area contributed by atoms with Crippen LogP contribution in [0.2, 0.25) is 15.1 Å². The lowest BCUT2D eigenvalue weighted by atomic mass is 10.1. The molecule has 7 heteroatoms. The highest BCUT2D eigenvalue weighted by atomic mass is 35.5. The molecular formula is C23H27Cl3N2O2. The topological polar surface area (TPSA) is 49.4 Å². The van der Waals surface area contributed by atoms with Gasteiger partial charge in [0, 0.05) is 33.2 Å². The molecule has 0 fully saturated rings. The van der Waals surface area contributed by atoms with Crippen LogP contribution < -0.4 is 5.32 Å². The number of carbonyl (C=O) groups excluding carboxylic acids is 2. The zero-order valence-corrected chi connectivity index (χ0v) is 19.7. The van der Waals surface area contributed by atoms with E-state index in [0.717, 1.165) is 12.0 Å². The van der Waals surface area contributed by atoms with Gasteiger partial charge in [-0.1, -0.05) is 66.8 Å². The first-order valence-electron chi connectivity index (χ1n) is 10.0. The molecule has 2 aromatic carbocycles. The smallest absolute Gasteiger partial charge is 0.243 e. The molecule has 0 aliphatic carbocycles. The lowest BCUT2D eigenvalue weighted by molar-refractivity contribution is -0.141. The highest BCUT2D eigenvalue weighted by molar-refractivity contribution is 6.36. The van der Waals surface area contributed by atoms with Crippen LogP contribution >= 0.6 is 34.8 Å². The average molecular weight is 470 g/mol. The zero-order chi connectivity index (χ0) is 22.3. The van der Waals surface area contributed by atoms with Crippen molar-refractivity contribution >= 4 is 46.6 Å². The zero-order valence-electron chi connectivity index (χ0n) is 17.4. The summed E-state index contributed by atoms with van der Waals surface area (Å²) in [6.07, 6.45) is 1.39. The van der Waals surface area contributed by atoms with Gasteiger partial charge in [0.1, 0.15) is 6.04 Å². The Labute approximate surface area is 193 Å². The lowest BCUT2D eigenvalue weighted by Gasteiger charge is -2.32.